The Kier molecular flexibility index (Phi) is 4.84. The third-order valence-electron chi connectivity index (χ3n) is 4.26. The highest BCUT2D eigenvalue weighted by Gasteiger charge is 2.26. The summed E-state index contributed by atoms with van der Waals surface area (Å²) in [7, 11) is -2.24. The van der Waals surface area contributed by atoms with Crippen LogP contribution in [0.5, 0.6) is 0 Å². The van der Waals surface area contributed by atoms with Crippen molar-refractivity contribution < 1.29 is 13.2 Å². The second kappa shape index (κ2) is 6.88. The van der Waals surface area contributed by atoms with Crippen molar-refractivity contribution in [3.8, 4) is 0 Å². The lowest BCUT2D eigenvalue weighted by molar-refractivity contribution is -0.131. The topological polar surface area (TPSA) is 69.7 Å². The first-order valence-corrected chi connectivity index (χ1v) is 9.36. The summed E-state index contributed by atoms with van der Waals surface area (Å²) in [5.41, 5.74) is 0. The van der Waals surface area contributed by atoms with Gasteiger partial charge in [0.15, 0.2) is 0 Å². The molecule has 0 unspecified atom stereocenters. The van der Waals surface area contributed by atoms with Crippen molar-refractivity contribution in [1.29, 1.82) is 0 Å². The maximum atomic E-state index is 12.7. The lowest BCUT2D eigenvalue weighted by Crippen LogP contribution is -2.49. The first-order valence-electron chi connectivity index (χ1n) is 7.92. The molecule has 1 aliphatic heterocycles. The van der Waals surface area contributed by atoms with Gasteiger partial charge in [-0.3, -0.25) is 4.79 Å². The van der Waals surface area contributed by atoms with Crippen LogP contribution in [-0.4, -0.2) is 63.3 Å². The van der Waals surface area contributed by atoms with Crippen LogP contribution in [0, 0.1) is 0 Å². The smallest absolute Gasteiger partial charge is 0.243 e. The molecule has 0 atom stereocenters. The number of piperazine rings is 1. The highest BCUT2D eigenvalue weighted by Crippen LogP contribution is 2.21. The molecule has 128 valence electrons. The Morgan fingerprint density at radius 3 is 2.50 bits per heavy atom. The molecule has 1 saturated heterocycles. The van der Waals surface area contributed by atoms with Crippen LogP contribution < -0.4 is 5.32 Å². The summed E-state index contributed by atoms with van der Waals surface area (Å²) in [5, 5.41) is 5.01. The highest BCUT2D eigenvalue weighted by atomic mass is 32.2. The van der Waals surface area contributed by atoms with Crippen molar-refractivity contribution in [3.63, 3.8) is 0 Å². The minimum absolute atomic E-state index is 0.144. The Morgan fingerprint density at radius 2 is 1.79 bits per heavy atom. The molecule has 0 radical (unpaired) electrons. The van der Waals surface area contributed by atoms with Crippen molar-refractivity contribution >= 4 is 26.7 Å². The molecule has 0 saturated carbocycles. The number of amides is 1. The van der Waals surface area contributed by atoms with E-state index >= 15 is 0 Å². The van der Waals surface area contributed by atoms with E-state index in [0.717, 1.165) is 28.2 Å². The second-order valence-electron chi connectivity index (χ2n) is 5.90. The first kappa shape index (κ1) is 16.9. The van der Waals surface area contributed by atoms with Crippen LogP contribution in [-0.2, 0) is 14.8 Å². The summed E-state index contributed by atoms with van der Waals surface area (Å²) in [4.78, 5) is 14.2. The van der Waals surface area contributed by atoms with Gasteiger partial charge in [0.1, 0.15) is 0 Å². The molecule has 24 heavy (non-hydrogen) atoms. The first-order chi connectivity index (χ1) is 11.5. The Morgan fingerprint density at radius 1 is 1.12 bits per heavy atom. The Hall–Kier alpha value is -1.96. The molecule has 0 spiro atoms. The lowest BCUT2D eigenvalue weighted by Gasteiger charge is -2.29. The van der Waals surface area contributed by atoms with Crippen molar-refractivity contribution in [2.75, 3.05) is 39.8 Å². The van der Waals surface area contributed by atoms with Crippen molar-refractivity contribution in [1.82, 2.24) is 14.5 Å². The maximum Gasteiger partial charge on any atom is 0.243 e. The Balaban J connectivity index is 1.78. The van der Waals surface area contributed by atoms with E-state index in [9.17, 15) is 13.2 Å². The van der Waals surface area contributed by atoms with E-state index in [-0.39, 0.29) is 17.3 Å². The standard InChI is InChI=1S/C17H21N3O3S/c1-19(13-17(21)20-10-8-18-9-11-20)24(22,23)16-7-6-14-4-2-3-5-15(14)12-16/h2-7,12,18H,8-11,13H2,1H3. The molecule has 6 nitrogen and oxygen atoms in total. The molecule has 7 heteroatoms. The molecule has 3 rings (SSSR count). The predicted octanol–water partition coefficient (Wildman–Crippen LogP) is 0.892. The summed E-state index contributed by atoms with van der Waals surface area (Å²) >= 11 is 0. The van der Waals surface area contributed by atoms with Crippen LogP contribution in [0.15, 0.2) is 47.4 Å². The number of carbonyl (C=O) groups is 1. The number of nitrogens with one attached hydrogen (secondary N) is 1. The van der Waals surface area contributed by atoms with Gasteiger partial charge in [-0.15, -0.1) is 0 Å². The van der Waals surface area contributed by atoms with Crippen LogP contribution in [0.3, 0.4) is 0 Å². The minimum Gasteiger partial charge on any atom is -0.339 e. The van der Waals surface area contributed by atoms with Crippen LogP contribution in [0.2, 0.25) is 0 Å². The average molecular weight is 347 g/mol. The zero-order valence-electron chi connectivity index (χ0n) is 13.6. The zero-order chi connectivity index (χ0) is 17.2. The number of hydrogen-bond acceptors (Lipinski definition) is 4. The number of fused-ring (bicyclic) bond motifs is 1. The molecule has 0 aliphatic carbocycles. The number of likely N-dealkylation sites (N-methyl/N-ethyl adjacent to an activating group) is 1. The summed E-state index contributed by atoms with van der Waals surface area (Å²) in [6, 6.07) is 12.6. The quantitative estimate of drug-likeness (QED) is 0.892. The fourth-order valence-electron chi connectivity index (χ4n) is 2.80. The SMILES string of the molecule is CN(CC(=O)N1CCNCC1)S(=O)(=O)c1ccc2ccccc2c1. The van der Waals surface area contributed by atoms with Gasteiger partial charge in [0.05, 0.1) is 11.4 Å². The molecule has 1 amide bonds. The molecule has 0 aromatic heterocycles. The third kappa shape index (κ3) is 3.43. The monoisotopic (exact) mass is 347 g/mol. The van der Waals surface area contributed by atoms with Crippen molar-refractivity contribution in [2.45, 2.75) is 4.90 Å². The summed E-state index contributed by atoms with van der Waals surface area (Å²) in [5.74, 6) is -0.164. The van der Waals surface area contributed by atoms with Gasteiger partial charge >= 0.3 is 0 Å². The van der Waals surface area contributed by atoms with Gasteiger partial charge in [-0.2, -0.15) is 4.31 Å². The number of rotatable bonds is 4. The molecule has 1 N–H and O–H groups in total. The van der Waals surface area contributed by atoms with Gasteiger partial charge in [0, 0.05) is 33.2 Å². The molecule has 0 bridgehead atoms. The fourth-order valence-corrected chi connectivity index (χ4v) is 3.95. The van der Waals surface area contributed by atoms with Crippen molar-refractivity contribution in [3.05, 3.63) is 42.5 Å². The van der Waals surface area contributed by atoms with E-state index in [2.05, 4.69) is 5.32 Å². The third-order valence-corrected chi connectivity index (χ3v) is 6.06. The summed E-state index contributed by atoms with van der Waals surface area (Å²) in [6.07, 6.45) is 0. The van der Waals surface area contributed by atoms with Gasteiger partial charge in [-0.25, -0.2) is 8.42 Å². The maximum absolute atomic E-state index is 12.7. The molecule has 2 aromatic carbocycles. The summed E-state index contributed by atoms with van der Waals surface area (Å²) in [6.45, 7) is 2.57. The molecular formula is C17H21N3O3S. The van der Waals surface area contributed by atoms with E-state index < -0.39 is 10.0 Å². The average Bonchev–Trinajstić information content (AvgIpc) is 2.61. The van der Waals surface area contributed by atoms with Crippen LogP contribution in [0.1, 0.15) is 0 Å². The van der Waals surface area contributed by atoms with Gasteiger partial charge in [-0.05, 0) is 22.9 Å². The Labute approximate surface area is 142 Å². The van der Waals surface area contributed by atoms with Gasteiger partial charge in [0.2, 0.25) is 15.9 Å². The fraction of sp³-hybridized carbons (Fsp3) is 0.353. The van der Waals surface area contributed by atoms with E-state index in [4.69, 9.17) is 0 Å². The number of benzene rings is 2. The van der Waals surface area contributed by atoms with Crippen molar-refractivity contribution in [2.24, 2.45) is 0 Å². The van der Waals surface area contributed by atoms with Crippen LogP contribution in [0.25, 0.3) is 10.8 Å². The van der Waals surface area contributed by atoms with Crippen LogP contribution in [0.4, 0.5) is 0 Å². The van der Waals surface area contributed by atoms with Gasteiger partial charge in [0.25, 0.3) is 0 Å². The van der Waals surface area contributed by atoms with E-state index in [1.54, 1.807) is 23.1 Å². The number of carbonyl (C=O) groups excluding carboxylic acids is 1. The normalized spacial score (nSPS) is 15.8. The number of hydrogen-bond donors (Lipinski definition) is 1. The molecular weight excluding hydrogens is 326 g/mol. The second-order valence-corrected chi connectivity index (χ2v) is 7.95. The zero-order valence-corrected chi connectivity index (χ0v) is 14.4. The number of sulfonamides is 1. The molecule has 1 heterocycles. The minimum atomic E-state index is -3.69. The molecule has 2 aromatic rings. The van der Waals surface area contributed by atoms with Gasteiger partial charge in [-0.1, -0.05) is 30.3 Å². The van der Waals surface area contributed by atoms with Gasteiger partial charge < -0.3 is 10.2 Å². The Bertz CT molecular complexity index is 845. The largest absolute Gasteiger partial charge is 0.339 e. The van der Waals surface area contributed by atoms with E-state index in [1.807, 2.05) is 24.3 Å². The predicted molar refractivity (Wildman–Crippen MR) is 93.2 cm³/mol. The summed E-state index contributed by atoms with van der Waals surface area (Å²) < 4.78 is 26.6. The van der Waals surface area contributed by atoms with E-state index in [0.29, 0.717) is 13.1 Å². The van der Waals surface area contributed by atoms with Crippen LogP contribution >= 0.6 is 0 Å². The molecule has 1 aliphatic rings. The number of nitrogens with zero attached hydrogens (tertiary/aromatic N) is 2. The van der Waals surface area contributed by atoms with E-state index in [1.165, 1.54) is 7.05 Å². The highest BCUT2D eigenvalue weighted by molar-refractivity contribution is 7.89. The molecule has 1 fully saturated rings. The lowest BCUT2D eigenvalue weighted by atomic mass is 10.1.